The molecule has 1 unspecified atom stereocenters. The number of nitrogens with two attached hydrogens (primary N) is 2. The van der Waals surface area contributed by atoms with Crippen LogP contribution >= 0.6 is 0 Å². The molecule has 0 spiro atoms. The van der Waals surface area contributed by atoms with Gasteiger partial charge in [0.2, 0.25) is 0 Å². The van der Waals surface area contributed by atoms with E-state index in [1.807, 2.05) is 20.0 Å². The Morgan fingerprint density at radius 1 is 1.38 bits per heavy atom. The Labute approximate surface area is 140 Å². The van der Waals surface area contributed by atoms with Crippen molar-refractivity contribution in [2.24, 2.45) is 12.8 Å². The molecule has 0 amide bonds. The summed E-state index contributed by atoms with van der Waals surface area (Å²) in [7, 11) is 1.97. The van der Waals surface area contributed by atoms with E-state index >= 15 is 0 Å². The molecule has 0 radical (unpaired) electrons. The van der Waals surface area contributed by atoms with Gasteiger partial charge in [-0.25, -0.2) is 0 Å². The van der Waals surface area contributed by atoms with E-state index in [1.165, 1.54) is 0 Å². The van der Waals surface area contributed by atoms with Gasteiger partial charge in [0.1, 0.15) is 6.04 Å². The van der Waals surface area contributed by atoms with Gasteiger partial charge in [-0.2, -0.15) is 0 Å². The Hall–Kier alpha value is -2.25. The van der Waals surface area contributed by atoms with Crippen molar-refractivity contribution >= 4 is 28.2 Å². The molecule has 0 saturated carbocycles. The number of ether oxygens (including phenoxy) is 1. The Morgan fingerprint density at radius 2 is 2.04 bits per heavy atom. The fraction of sp³-hybridized carbons (Fsp3) is 0.471. The van der Waals surface area contributed by atoms with Crippen LogP contribution in [0.1, 0.15) is 11.3 Å². The van der Waals surface area contributed by atoms with Crippen LogP contribution in [0.2, 0.25) is 0 Å². The smallest absolute Gasteiger partial charge is 0.320 e. The number of benzene rings is 1. The van der Waals surface area contributed by atoms with E-state index in [0.29, 0.717) is 18.9 Å². The van der Waals surface area contributed by atoms with Crippen LogP contribution in [-0.4, -0.2) is 48.0 Å². The fourth-order valence-corrected chi connectivity index (χ4v) is 3.35. The molecule has 5 N–H and O–H groups in total. The maximum Gasteiger partial charge on any atom is 0.320 e. The standard InChI is InChI=1S/C17H24N4O3/c1-10-12(9-14(19)17(22)23)16-13(18)7-11(8-15(16)20(10)2)21-3-5-24-6-4-21/h7-8,14H,3-6,9,18-19H2,1-2H3,(H,22,23). The lowest BCUT2D eigenvalue weighted by atomic mass is 10.0. The third-order valence-corrected chi connectivity index (χ3v) is 4.85. The number of rotatable bonds is 4. The number of morpholine rings is 1. The van der Waals surface area contributed by atoms with Crippen LogP contribution in [0.4, 0.5) is 11.4 Å². The summed E-state index contributed by atoms with van der Waals surface area (Å²) in [5.74, 6) is -1.00. The van der Waals surface area contributed by atoms with Gasteiger partial charge in [-0.3, -0.25) is 4.79 Å². The van der Waals surface area contributed by atoms with Crippen molar-refractivity contribution in [3.05, 3.63) is 23.4 Å². The molecule has 0 aliphatic carbocycles. The molecule has 24 heavy (non-hydrogen) atoms. The molecule has 1 aromatic carbocycles. The monoisotopic (exact) mass is 332 g/mol. The molecular weight excluding hydrogens is 308 g/mol. The summed E-state index contributed by atoms with van der Waals surface area (Å²) >= 11 is 0. The number of hydrogen-bond acceptors (Lipinski definition) is 5. The number of hydrogen-bond donors (Lipinski definition) is 3. The lowest BCUT2D eigenvalue weighted by Gasteiger charge is -2.29. The fourth-order valence-electron chi connectivity index (χ4n) is 3.35. The summed E-state index contributed by atoms with van der Waals surface area (Å²) in [5, 5.41) is 10.0. The van der Waals surface area contributed by atoms with E-state index in [0.717, 1.165) is 40.9 Å². The van der Waals surface area contributed by atoms with Crippen LogP contribution in [-0.2, 0) is 23.0 Å². The quantitative estimate of drug-likeness (QED) is 0.717. The van der Waals surface area contributed by atoms with Gasteiger partial charge in [0.05, 0.1) is 18.7 Å². The minimum Gasteiger partial charge on any atom is -0.480 e. The van der Waals surface area contributed by atoms with Crippen molar-refractivity contribution in [1.29, 1.82) is 0 Å². The van der Waals surface area contributed by atoms with Crippen molar-refractivity contribution in [3.8, 4) is 0 Å². The molecular formula is C17H24N4O3. The van der Waals surface area contributed by atoms with Crippen LogP contribution in [0.15, 0.2) is 12.1 Å². The second kappa shape index (κ2) is 6.33. The van der Waals surface area contributed by atoms with E-state index in [1.54, 1.807) is 0 Å². The zero-order valence-corrected chi connectivity index (χ0v) is 14.1. The number of fused-ring (bicyclic) bond motifs is 1. The Morgan fingerprint density at radius 3 is 2.67 bits per heavy atom. The molecule has 130 valence electrons. The minimum absolute atomic E-state index is 0.263. The lowest BCUT2D eigenvalue weighted by molar-refractivity contribution is -0.138. The van der Waals surface area contributed by atoms with Crippen LogP contribution in [0.25, 0.3) is 10.9 Å². The van der Waals surface area contributed by atoms with Gasteiger partial charge in [0.25, 0.3) is 0 Å². The average Bonchev–Trinajstić information content (AvgIpc) is 2.81. The van der Waals surface area contributed by atoms with Crippen LogP contribution in [0.3, 0.4) is 0 Å². The Balaban J connectivity index is 2.08. The molecule has 1 saturated heterocycles. The number of aromatic nitrogens is 1. The molecule has 1 aliphatic rings. The number of carbonyl (C=O) groups is 1. The number of aryl methyl sites for hydroxylation is 1. The van der Waals surface area contributed by atoms with Gasteiger partial charge in [-0.05, 0) is 24.6 Å². The zero-order valence-electron chi connectivity index (χ0n) is 14.1. The van der Waals surface area contributed by atoms with E-state index in [4.69, 9.17) is 21.3 Å². The number of carboxylic acids is 1. The lowest BCUT2D eigenvalue weighted by Crippen LogP contribution is -2.36. The second-order valence-electron chi connectivity index (χ2n) is 6.30. The summed E-state index contributed by atoms with van der Waals surface area (Å²) in [6, 6.07) is 3.13. The molecule has 2 aromatic rings. The second-order valence-corrected chi connectivity index (χ2v) is 6.30. The highest BCUT2D eigenvalue weighted by atomic mass is 16.5. The third kappa shape index (κ3) is 2.81. The van der Waals surface area contributed by atoms with Gasteiger partial charge in [0, 0.05) is 49.0 Å². The van der Waals surface area contributed by atoms with Crippen molar-refractivity contribution in [2.45, 2.75) is 19.4 Å². The molecule has 1 aromatic heterocycles. The first-order chi connectivity index (χ1) is 11.4. The average molecular weight is 332 g/mol. The first kappa shape index (κ1) is 16.6. The van der Waals surface area contributed by atoms with E-state index < -0.39 is 12.0 Å². The van der Waals surface area contributed by atoms with Crippen LogP contribution in [0, 0.1) is 6.92 Å². The summed E-state index contributed by atoms with van der Waals surface area (Å²) in [5.41, 5.74) is 16.7. The van der Waals surface area contributed by atoms with Gasteiger partial charge >= 0.3 is 5.97 Å². The van der Waals surface area contributed by atoms with Crippen molar-refractivity contribution in [1.82, 2.24) is 4.57 Å². The molecule has 2 heterocycles. The SMILES string of the molecule is Cc1c(CC(N)C(=O)O)c2c(N)cc(N3CCOCC3)cc2n1C. The predicted molar refractivity (Wildman–Crippen MR) is 94.4 cm³/mol. The van der Waals surface area contributed by atoms with Gasteiger partial charge < -0.3 is 30.8 Å². The first-order valence-corrected chi connectivity index (χ1v) is 8.08. The number of aliphatic carboxylic acids is 1. The highest BCUT2D eigenvalue weighted by molar-refractivity contribution is 5.98. The first-order valence-electron chi connectivity index (χ1n) is 8.08. The van der Waals surface area contributed by atoms with Crippen molar-refractivity contribution in [2.75, 3.05) is 36.9 Å². The van der Waals surface area contributed by atoms with Gasteiger partial charge in [0.15, 0.2) is 0 Å². The molecule has 1 atom stereocenters. The van der Waals surface area contributed by atoms with E-state index in [-0.39, 0.29) is 6.42 Å². The normalized spacial score (nSPS) is 16.5. The van der Waals surface area contributed by atoms with Gasteiger partial charge in [-0.15, -0.1) is 0 Å². The van der Waals surface area contributed by atoms with E-state index in [2.05, 4.69) is 15.5 Å². The molecule has 7 nitrogen and oxygen atoms in total. The maximum absolute atomic E-state index is 11.1. The summed E-state index contributed by atoms with van der Waals surface area (Å²) in [6.45, 7) is 5.07. The summed E-state index contributed by atoms with van der Waals surface area (Å²) < 4.78 is 7.46. The number of nitrogens with zero attached hydrogens (tertiary/aromatic N) is 2. The number of anilines is 2. The molecule has 1 aliphatic heterocycles. The summed E-state index contributed by atoms with van der Waals surface area (Å²) in [4.78, 5) is 13.4. The third-order valence-electron chi connectivity index (χ3n) is 4.85. The molecule has 1 fully saturated rings. The molecule has 7 heteroatoms. The van der Waals surface area contributed by atoms with Crippen LogP contribution < -0.4 is 16.4 Å². The van der Waals surface area contributed by atoms with Crippen molar-refractivity contribution < 1.29 is 14.6 Å². The predicted octanol–water partition coefficient (Wildman–Crippen LogP) is 0.860. The summed E-state index contributed by atoms with van der Waals surface area (Å²) in [6.07, 6.45) is 0.263. The minimum atomic E-state index is -1.00. The Kier molecular flexibility index (Phi) is 4.38. The molecule has 0 bridgehead atoms. The van der Waals surface area contributed by atoms with Gasteiger partial charge in [-0.1, -0.05) is 0 Å². The highest BCUT2D eigenvalue weighted by Gasteiger charge is 2.22. The number of nitrogen functional groups attached to an aromatic ring is 1. The topological polar surface area (TPSA) is 107 Å². The maximum atomic E-state index is 11.1. The largest absolute Gasteiger partial charge is 0.480 e. The number of carboxylic acid groups (broad SMARTS) is 1. The Bertz CT molecular complexity index is 778. The zero-order chi connectivity index (χ0) is 17.4. The van der Waals surface area contributed by atoms with Crippen molar-refractivity contribution in [3.63, 3.8) is 0 Å². The highest BCUT2D eigenvalue weighted by Crippen LogP contribution is 2.34. The molecule has 3 rings (SSSR count). The van der Waals surface area contributed by atoms with E-state index in [9.17, 15) is 4.79 Å². The van der Waals surface area contributed by atoms with Crippen LogP contribution in [0.5, 0.6) is 0 Å².